The first-order chi connectivity index (χ1) is 8.33. The van der Waals surface area contributed by atoms with Gasteiger partial charge in [-0.05, 0) is 50.3 Å². The summed E-state index contributed by atoms with van der Waals surface area (Å²) in [7, 11) is 0. The summed E-state index contributed by atoms with van der Waals surface area (Å²) in [5.41, 5.74) is 11.6. The van der Waals surface area contributed by atoms with Gasteiger partial charge in [-0.3, -0.25) is 0 Å². The fraction of sp³-hybridized carbons (Fsp3) is 0.467. The molecule has 0 amide bonds. The lowest BCUT2D eigenvalue weighted by molar-refractivity contribution is 0.620. The zero-order chi connectivity index (χ0) is 11.8. The van der Waals surface area contributed by atoms with E-state index in [4.69, 9.17) is 5.73 Å². The summed E-state index contributed by atoms with van der Waals surface area (Å²) in [4.78, 5) is 0. The molecule has 0 spiro atoms. The number of rotatable bonds is 3. The average molecular weight is 228 g/mol. The molecular weight excluding hydrogens is 208 g/mol. The molecule has 17 heavy (non-hydrogen) atoms. The third-order valence-corrected chi connectivity index (χ3v) is 4.01. The van der Waals surface area contributed by atoms with E-state index in [9.17, 15) is 0 Å². The van der Waals surface area contributed by atoms with E-state index in [1.54, 1.807) is 0 Å². The van der Waals surface area contributed by atoms with Crippen molar-refractivity contribution in [2.24, 2.45) is 5.73 Å². The van der Waals surface area contributed by atoms with Crippen molar-refractivity contribution >= 4 is 10.9 Å². The molecule has 2 N–H and O–H groups in total. The van der Waals surface area contributed by atoms with E-state index < -0.39 is 0 Å². The maximum Gasteiger partial charge on any atom is 0.0517 e. The summed E-state index contributed by atoms with van der Waals surface area (Å²) in [6.07, 6.45) is 4.72. The van der Waals surface area contributed by atoms with E-state index >= 15 is 0 Å². The van der Waals surface area contributed by atoms with Crippen molar-refractivity contribution in [1.82, 2.24) is 4.57 Å². The van der Waals surface area contributed by atoms with Crippen molar-refractivity contribution < 1.29 is 0 Å². The molecule has 0 saturated heterocycles. The van der Waals surface area contributed by atoms with Crippen LogP contribution in [0.25, 0.3) is 10.9 Å². The topological polar surface area (TPSA) is 30.9 Å². The van der Waals surface area contributed by atoms with Crippen LogP contribution in [0.2, 0.25) is 0 Å². The van der Waals surface area contributed by atoms with Gasteiger partial charge < -0.3 is 10.3 Å². The second-order valence-corrected chi connectivity index (χ2v) is 5.02. The van der Waals surface area contributed by atoms with Gasteiger partial charge >= 0.3 is 0 Å². The molecule has 90 valence electrons. The van der Waals surface area contributed by atoms with Gasteiger partial charge in [-0.15, -0.1) is 0 Å². The minimum Gasteiger partial charge on any atom is -0.344 e. The number of nitrogens with zero attached hydrogens (tertiary/aromatic N) is 1. The highest BCUT2D eigenvalue weighted by molar-refractivity contribution is 5.88. The van der Waals surface area contributed by atoms with Crippen molar-refractivity contribution in [3.8, 4) is 0 Å². The summed E-state index contributed by atoms with van der Waals surface area (Å²) in [5, 5.41) is 1.47. The van der Waals surface area contributed by atoms with Crippen LogP contribution in [-0.4, -0.2) is 11.1 Å². The molecule has 0 aliphatic carbocycles. The predicted octanol–water partition coefficient (Wildman–Crippen LogP) is 2.79. The van der Waals surface area contributed by atoms with Gasteiger partial charge in [0.05, 0.1) is 5.52 Å². The van der Waals surface area contributed by atoms with Crippen LogP contribution in [-0.2, 0) is 19.4 Å². The van der Waals surface area contributed by atoms with Crippen LogP contribution in [0.15, 0.2) is 18.2 Å². The van der Waals surface area contributed by atoms with Crippen molar-refractivity contribution in [3.05, 3.63) is 35.0 Å². The Balaban J connectivity index is 2.23. The largest absolute Gasteiger partial charge is 0.344 e. The molecule has 3 rings (SSSR count). The Hall–Kier alpha value is -1.28. The summed E-state index contributed by atoms with van der Waals surface area (Å²) in [5.74, 6) is 0. The van der Waals surface area contributed by atoms with Gasteiger partial charge in [-0.1, -0.05) is 18.2 Å². The molecule has 2 heterocycles. The monoisotopic (exact) mass is 228 g/mol. The van der Waals surface area contributed by atoms with Gasteiger partial charge in [0.2, 0.25) is 0 Å². The lowest BCUT2D eigenvalue weighted by Crippen LogP contribution is -2.08. The molecule has 2 heteroatoms. The molecule has 2 nitrogen and oxygen atoms in total. The van der Waals surface area contributed by atoms with Gasteiger partial charge in [-0.25, -0.2) is 0 Å². The van der Waals surface area contributed by atoms with Crippen LogP contribution in [0.4, 0.5) is 0 Å². The summed E-state index contributed by atoms with van der Waals surface area (Å²) in [6, 6.07) is 6.77. The first kappa shape index (κ1) is 10.8. The average Bonchev–Trinajstić information content (AvgIpc) is 2.64. The highest BCUT2D eigenvalue weighted by atomic mass is 15.0. The second kappa shape index (κ2) is 4.19. The first-order valence-electron chi connectivity index (χ1n) is 6.62. The van der Waals surface area contributed by atoms with Gasteiger partial charge in [0, 0.05) is 17.6 Å². The number of aryl methyl sites for hydroxylation is 3. The van der Waals surface area contributed by atoms with Crippen molar-refractivity contribution in [2.75, 3.05) is 6.54 Å². The zero-order valence-electron chi connectivity index (χ0n) is 10.5. The van der Waals surface area contributed by atoms with E-state index in [1.165, 1.54) is 47.1 Å². The van der Waals surface area contributed by atoms with Crippen LogP contribution in [0, 0.1) is 6.92 Å². The molecule has 2 aromatic rings. The Kier molecular flexibility index (Phi) is 2.67. The number of aromatic nitrogens is 1. The van der Waals surface area contributed by atoms with E-state index in [2.05, 4.69) is 29.7 Å². The number of hydrogen-bond donors (Lipinski definition) is 1. The normalized spacial score (nSPS) is 14.5. The zero-order valence-corrected chi connectivity index (χ0v) is 10.5. The lowest BCUT2D eigenvalue weighted by atomic mass is 10.0. The van der Waals surface area contributed by atoms with Crippen molar-refractivity contribution in [1.29, 1.82) is 0 Å². The Labute approximate surface area is 102 Å². The van der Waals surface area contributed by atoms with E-state index in [1.807, 2.05) is 0 Å². The molecule has 0 radical (unpaired) electrons. The summed E-state index contributed by atoms with van der Waals surface area (Å²) < 4.78 is 2.51. The van der Waals surface area contributed by atoms with Crippen LogP contribution in [0.3, 0.4) is 0 Å². The summed E-state index contributed by atoms with van der Waals surface area (Å²) in [6.45, 7) is 4.23. The molecular formula is C15H20N2. The quantitative estimate of drug-likeness (QED) is 0.860. The van der Waals surface area contributed by atoms with Gasteiger partial charge in [-0.2, -0.15) is 0 Å². The molecule has 1 aliphatic rings. The van der Waals surface area contributed by atoms with Crippen LogP contribution in [0.1, 0.15) is 29.7 Å². The standard InChI is InChI=1S/C15H20N2/c1-11-13(8-3-9-16)14-7-2-5-12-6-4-10-17(11)15(12)14/h2,5,7H,3-4,6,8-10,16H2,1H3. The molecule has 1 aromatic carbocycles. The predicted molar refractivity (Wildman–Crippen MR) is 72.4 cm³/mol. The molecule has 0 unspecified atom stereocenters. The number of nitrogens with two attached hydrogens (primary N) is 1. The molecule has 1 aliphatic heterocycles. The van der Waals surface area contributed by atoms with E-state index in [-0.39, 0.29) is 0 Å². The minimum atomic E-state index is 0.784. The Morgan fingerprint density at radius 3 is 3.06 bits per heavy atom. The highest BCUT2D eigenvalue weighted by Crippen LogP contribution is 2.32. The third kappa shape index (κ3) is 1.59. The maximum absolute atomic E-state index is 5.65. The Morgan fingerprint density at radius 2 is 2.24 bits per heavy atom. The van der Waals surface area contributed by atoms with Gasteiger partial charge in [0.1, 0.15) is 0 Å². The van der Waals surface area contributed by atoms with Crippen LogP contribution in [0.5, 0.6) is 0 Å². The first-order valence-corrected chi connectivity index (χ1v) is 6.62. The van der Waals surface area contributed by atoms with Crippen LogP contribution < -0.4 is 5.73 Å². The fourth-order valence-electron chi connectivity index (χ4n) is 3.18. The molecule has 0 atom stereocenters. The Bertz CT molecular complexity index is 552. The number of hydrogen-bond acceptors (Lipinski definition) is 1. The fourth-order valence-corrected chi connectivity index (χ4v) is 3.18. The molecule has 0 fully saturated rings. The minimum absolute atomic E-state index is 0.784. The number of benzene rings is 1. The second-order valence-electron chi connectivity index (χ2n) is 5.02. The van der Waals surface area contributed by atoms with E-state index in [0.717, 1.165) is 19.4 Å². The molecule has 0 bridgehead atoms. The lowest BCUT2D eigenvalue weighted by Gasteiger charge is -2.16. The van der Waals surface area contributed by atoms with Crippen LogP contribution >= 0.6 is 0 Å². The smallest absolute Gasteiger partial charge is 0.0517 e. The van der Waals surface area contributed by atoms with Gasteiger partial charge in [0.15, 0.2) is 0 Å². The molecule has 0 saturated carbocycles. The SMILES string of the molecule is Cc1c(CCCN)c2cccc3c2n1CCC3. The summed E-state index contributed by atoms with van der Waals surface area (Å²) >= 11 is 0. The Morgan fingerprint density at radius 1 is 1.35 bits per heavy atom. The van der Waals surface area contributed by atoms with E-state index in [0.29, 0.717) is 0 Å². The maximum atomic E-state index is 5.65. The third-order valence-electron chi connectivity index (χ3n) is 4.01. The highest BCUT2D eigenvalue weighted by Gasteiger charge is 2.18. The van der Waals surface area contributed by atoms with Crippen molar-refractivity contribution in [3.63, 3.8) is 0 Å². The van der Waals surface area contributed by atoms with Crippen molar-refractivity contribution in [2.45, 2.75) is 39.2 Å². The number of para-hydroxylation sites is 1. The molecule has 1 aromatic heterocycles. The van der Waals surface area contributed by atoms with Gasteiger partial charge in [0.25, 0.3) is 0 Å².